The van der Waals surface area contributed by atoms with Crippen LogP contribution in [0.5, 0.6) is 5.75 Å². The van der Waals surface area contributed by atoms with Gasteiger partial charge in [-0.3, -0.25) is 0 Å². The molecule has 1 aromatic carbocycles. The molecule has 118 valence electrons. The lowest BCUT2D eigenvalue weighted by Crippen LogP contribution is -2.23. The largest absolute Gasteiger partial charge is 0.451 e. The predicted octanol–water partition coefficient (Wildman–Crippen LogP) is 3.81. The van der Waals surface area contributed by atoms with Gasteiger partial charge in [0.15, 0.2) is 17.3 Å². The molecule has 0 aliphatic carbocycles. The first-order valence-corrected chi connectivity index (χ1v) is 7.33. The van der Waals surface area contributed by atoms with E-state index in [9.17, 15) is 4.79 Å². The summed E-state index contributed by atoms with van der Waals surface area (Å²) < 4.78 is 13.5. The molecule has 0 saturated heterocycles. The number of amides is 1. The van der Waals surface area contributed by atoms with Crippen molar-refractivity contribution in [1.29, 1.82) is 0 Å². The lowest BCUT2D eigenvalue weighted by molar-refractivity contribution is 0.160. The van der Waals surface area contributed by atoms with E-state index in [1.165, 1.54) is 4.90 Å². The van der Waals surface area contributed by atoms with E-state index in [1.54, 1.807) is 20.2 Å². The van der Waals surface area contributed by atoms with Gasteiger partial charge in [-0.15, -0.1) is 0 Å². The van der Waals surface area contributed by atoms with E-state index in [1.807, 2.05) is 60.2 Å². The van der Waals surface area contributed by atoms with Crippen LogP contribution < -0.4 is 4.74 Å². The number of ether oxygens (including phenoxy) is 2. The molecule has 2 aromatic rings. The molecule has 1 aliphatic rings. The van der Waals surface area contributed by atoms with E-state index in [4.69, 9.17) is 9.47 Å². The van der Waals surface area contributed by atoms with Gasteiger partial charge in [0.1, 0.15) is 0 Å². The third-order valence-electron chi connectivity index (χ3n) is 3.42. The first-order chi connectivity index (χ1) is 11.1. The average Bonchev–Trinajstić information content (AvgIpc) is 2.97. The number of hydrogen-bond acceptors (Lipinski definition) is 3. The predicted molar refractivity (Wildman–Crippen MR) is 88.3 cm³/mol. The van der Waals surface area contributed by atoms with Crippen LogP contribution in [0.15, 0.2) is 60.5 Å². The first kappa shape index (κ1) is 15.0. The van der Waals surface area contributed by atoms with Crippen LogP contribution in [0.2, 0.25) is 0 Å². The van der Waals surface area contributed by atoms with Gasteiger partial charge < -0.3 is 18.9 Å². The summed E-state index contributed by atoms with van der Waals surface area (Å²) in [7, 11) is 3.28. The number of benzene rings is 1. The van der Waals surface area contributed by atoms with E-state index < -0.39 is 6.09 Å². The summed E-state index contributed by atoms with van der Waals surface area (Å²) in [6, 6.07) is 11.5. The highest BCUT2D eigenvalue weighted by Gasteiger charge is 2.25. The highest BCUT2D eigenvalue weighted by Crippen LogP contribution is 2.35. The van der Waals surface area contributed by atoms with Gasteiger partial charge in [0, 0.05) is 20.3 Å². The van der Waals surface area contributed by atoms with Crippen LogP contribution in [0.25, 0.3) is 11.4 Å². The van der Waals surface area contributed by atoms with Crippen molar-refractivity contribution in [2.24, 2.45) is 0 Å². The fraction of sp³-hybridized carbons (Fsp3) is 0.167. The Morgan fingerprint density at radius 2 is 2.00 bits per heavy atom. The molecule has 5 nitrogen and oxygen atoms in total. The van der Waals surface area contributed by atoms with Crippen LogP contribution >= 0.6 is 0 Å². The second kappa shape index (κ2) is 6.04. The average molecular weight is 310 g/mol. The summed E-state index contributed by atoms with van der Waals surface area (Å²) in [5.74, 6) is 1.59. The Balaban J connectivity index is 2.19. The fourth-order valence-corrected chi connectivity index (χ4v) is 2.35. The minimum atomic E-state index is -0.454. The van der Waals surface area contributed by atoms with E-state index in [0.717, 1.165) is 11.4 Å². The maximum absolute atomic E-state index is 12.1. The van der Waals surface area contributed by atoms with E-state index in [0.29, 0.717) is 17.3 Å². The molecule has 0 spiro atoms. The SMILES string of the molecule is CC=CC1=C(OC(=O)N(C)C)c2cccn2-c2ccccc2O1. The van der Waals surface area contributed by atoms with E-state index in [2.05, 4.69) is 0 Å². The zero-order valence-electron chi connectivity index (χ0n) is 13.3. The van der Waals surface area contributed by atoms with Gasteiger partial charge in [-0.05, 0) is 37.3 Å². The summed E-state index contributed by atoms with van der Waals surface area (Å²) in [6.07, 6.45) is 5.10. The Morgan fingerprint density at radius 3 is 2.74 bits per heavy atom. The molecule has 1 aromatic heterocycles. The normalized spacial score (nSPS) is 13.2. The van der Waals surface area contributed by atoms with Crippen LogP contribution in [0, 0.1) is 0 Å². The molecule has 0 unspecified atom stereocenters. The molecule has 3 rings (SSSR count). The monoisotopic (exact) mass is 310 g/mol. The number of allylic oxidation sites excluding steroid dienone is 2. The quantitative estimate of drug-likeness (QED) is 0.847. The van der Waals surface area contributed by atoms with Crippen LogP contribution in [0.4, 0.5) is 4.79 Å². The maximum Gasteiger partial charge on any atom is 0.414 e. The van der Waals surface area contributed by atoms with Crippen LogP contribution in [0.3, 0.4) is 0 Å². The topological polar surface area (TPSA) is 43.7 Å². The fourth-order valence-electron chi connectivity index (χ4n) is 2.35. The van der Waals surface area contributed by atoms with Crippen molar-refractivity contribution in [3.63, 3.8) is 0 Å². The van der Waals surface area contributed by atoms with Gasteiger partial charge in [0.05, 0.1) is 11.4 Å². The molecule has 23 heavy (non-hydrogen) atoms. The van der Waals surface area contributed by atoms with Crippen molar-refractivity contribution >= 4 is 11.9 Å². The molecule has 0 bridgehead atoms. The third-order valence-corrected chi connectivity index (χ3v) is 3.42. The molecule has 0 radical (unpaired) electrons. The van der Waals surface area contributed by atoms with Gasteiger partial charge in [-0.1, -0.05) is 18.2 Å². The Kier molecular flexibility index (Phi) is 3.93. The molecule has 0 N–H and O–H groups in total. The molecule has 1 amide bonds. The van der Waals surface area contributed by atoms with Crippen molar-refractivity contribution in [2.45, 2.75) is 6.92 Å². The van der Waals surface area contributed by atoms with Crippen molar-refractivity contribution in [2.75, 3.05) is 14.1 Å². The minimum Gasteiger partial charge on any atom is -0.451 e. The van der Waals surface area contributed by atoms with Gasteiger partial charge >= 0.3 is 6.09 Å². The van der Waals surface area contributed by atoms with Gasteiger partial charge in [-0.25, -0.2) is 4.79 Å². The summed E-state index contributed by atoms with van der Waals surface area (Å²) in [5.41, 5.74) is 1.66. The molecule has 0 fully saturated rings. The summed E-state index contributed by atoms with van der Waals surface area (Å²) in [5, 5.41) is 0. The maximum atomic E-state index is 12.1. The second-order valence-electron chi connectivity index (χ2n) is 5.29. The number of aromatic nitrogens is 1. The lowest BCUT2D eigenvalue weighted by atomic mass is 10.2. The first-order valence-electron chi connectivity index (χ1n) is 7.33. The molecular weight excluding hydrogens is 292 g/mol. The van der Waals surface area contributed by atoms with Gasteiger partial charge in [-0.2, -0.15) is 0 Å². The molecule has 5 heteroatoms. The van der Waals surface area contributed by atoms with Crippen molar-refractivity contribution in [3.8, 4) is 11.4 Å². The van der Waals surface area contributed by atoms with Gasteiger partial charge in [0.2, 0.25) is 0 Å². The summed E-state index contributed by atoms with van der Waals surface area (Å²) >= 11 is 0. The smallest absolute Gasteiger partial charge is 0.414 e. The lowest BCUT2D eigenvalue weighted by Gasteiger charge is -2.14. The number of carbonyl (C=O) groups excluding carboxylic acids is 1. The third kappa shape index (κ3) is 2.73. The second-order valence-corrected chi connectivity index (χ2v) is 5.29. The van der Waals surface area contributed by atoms with Crippen LogP contribution in [-0.2, 0) is 4.74 Å². The number of nitrogens with zero attached hydrogens (tertiary/aromatic N) is 2. The Hall–Kier alpha value is -2.95. The Labute approximate surface area is 135 Å². The molecule has 1 aliphatic heterocycles. The Morgan fingerprint density at radius 1 is 1.22 bits per heavy atom. The molecule has 0 saturated carbocycles. The van der Waals surface area contributed by atoms with E-state index in [-0.39, 0.29) is 0 Å². The molecule has 2 heterocycles. The number of rotatable bonds is 2. The van der Waals surface area contributed by atoms with E-state index >= 15 is 0 Å². The van der Waals surface area contributed by atoms with Crippen molar-refractivity contribution in [3.05, 3.63) is 66.2 Å². The van der Waals surface area contributed by atoms with Gasteiger partial charge in [0.25, 0.3) is 0 Å². The minimum absolute atomic E-state index is 0.392. The number of hydrogen-bond donors (Lipinski definition) is 0. The zero-order chi connectivity index (χ0) is 16.4. The standard InChI is InChI=1S/C18H18N2O3/c1-4-8-16-17(23-18(21)19(2)3)14-10-7-12-20(14)13-9-5-6-11-15(13)22-16/h4-12H,1-3H3. The number of para-hydroxylation sites is 2. The Bertz CT molecular complexity index is 800. The van der Waals surface area contributed by atoms with Crippen molar-refractivity contribution < 1.29 is 14.3 Å². The number of carbonyl (C=O) groups is 1. The summed E-state index contributed by atoms with van der Waals surface area (Å²) in [4.78, 5) is 13.4. The van der Waals surface area contributed by atoms with Crippen LogP contribution in [-0.4, -0.2) is 29.7 Å². The number of fused-ring (bicyclic) bond motifs is 3. The van der Waals surface area contributed by atoms with Crippen molar-refractivity contribution in [1.82, 2.24) is 9.47 Å². The highest BCUT2D eigenvalue weighted by atomic mass is 16.6. The zero-order valence-corrected chi connectivity index (χ0v) is 13.3. The highest BCUT2D eigenvalue weighted by molar-refractivity contribution is 5.79. The molecular formula is C18H18N2O3. The summed E-state index contributed by atoms with van der Waals surface area (Å²) in [6.45, 7) is 1.89. The van der Waals surface area contributed by atoms with Crippen LogP contribution in [0.1, 0.15) is 12.6 Å². The molecule has 0 atom stereocenters.